The van der Waals surface area contributed by atoms with Gasteiger partial charge in [0.2, 0.25) is 5.91 Å². The van der Waals surface area contributed by atoms with Crippen molar-refractivity contribution in [2.24, 2.45) is 0 Å². The summed E-state index contributed by atoms with van der Waals surface area (Å²) in [7, 11) is 1.23. The molecule has 0 saturated carbocycles. The minimum Gasteiger partial charge on any atom is -0.468 e. The van der Waals surface area contributed by atoms with Crippen molar-refractivity contribution < 1.29 is 28.7 Å². The summed E-state index contributed by atoms with van der Waals surface area (Å²) in [5.74, 6) is -1.46. The highest BCUT2D eigenvalue weighted by molar-refractivity contribution is 5.98. The molecular formula is C27H27N3O6. The van der Waals surface area contributed by atoms with E-state index in [-0.39, 0.29) is 19.6 Å². The van der Waals surface area contributed by atoms with Crippen molar-refractivity contribution >= 4 is 29.6 Å². The Labute approximate surface area is 208 Å². The largest absolute Gasteiger partial charge is 0.468 e. The third-order valence-electron chi connectivity index (χ3n) is 5.14. The van der Waals surface area contributed by atoms with Crippen LogP contribution in [0.2, 0.25) is 0 Å². The van der Waals surface area contributed by atoms with Gasteiger partial charge in [-0.15, -0.1) is 0 Å². The molecule has 3 aromatic rings. The lowest BCUT2D eigenvalue weighted by molar-refractivity contribution is -0.139. The van der Waals surface area contributed by atoms with Gasteiger partial charge in [-0.3, -0.25) is 14.4 Å². The number of anilines is 1. The van der Waals surface area contributed by atoms with Crippen molar-refractivity contribution in [3.05, 3.63) is 102 Å². The number of ether oxygens (including phenoxy) is 2. The van der Waals surface area contributed by atoms with E-state index in [1.165, 1.54) is 19.2 Å². The number of esters is 1. The Bertz CT molecular complexity index is 1170. The van der Waals surface area contributed by atoms with E-state index in [0.717, 1.165) is 11.1 Å². The minimum atomic E-state index is -0.904. The molecule has 0 aliphatic heterocycles. The van der Waals surface area contributed by atoms with E-state index in [0.29, 0.717) is 11.3 Å². The van der Waals surface area contributed by atoms with Crippen LogP contribution in [0.4, 0.5) is 10.5 Å². The lowest BCUT2D eigenvalue weighted by atomic mass is 10.1. The van der Waals surface area contributed by atoms with E-state index < -0.39 is 29.9 Å². The highest BCUT2D eigenvalue weighted by atomic mass is 16.5. The van der Waals surface area contributed by atoms with Gasteiger partial charge < -0.3 is 25.4 Å². The number of methoxy groups -OCH3 is 1. The van der Waals surface area contributed by atoms with E-state index >= 15 is 0 Å². The van der Waals surface area contributed by atoms with Crippen LogP contribution in [-0.2, 0) is 32.1 Å². The van der Waals surface area contributed by atoms with Gasteiger partial charge in [-0.1, -0.05) is 60.7 Å². The molecule has 9 heteroatoms. The average Bonchev–Trinajstić information content (AvgIpc) is 2.91. The van der Waals surface area contributed by atoms with Gasteiger partial charge in [-0.05, 0) is 35.4 Å². The molecule has 3 rings (SSSR count). The number of amides is 3. The van der Waals surface area contributed by atoms with Gasteiger partial charge in [-0.25, -0.2) is 4.79 Å². The normalized spacial score (nSPS) is 11.0. The molecule has 0 unspecified atom stereocenters. The number of nitrogens with one attached hydrogen (secondary N) is 3. The first-order valence-electron chi connectivity index (χ1n) is 11.2. The first kappa shape index (κ1) is 26.0. The lowest BCUT2D eigenvalue weighted by Gasteiger charge is -2.19. The van der Waals surface area contributed by atoms with Gasteiger partial charge in [0.1, 0.15) is 19.2 Å². The van der Waals surface area contributed by atoms with Gasteiger partial charge in [0.05, 0.1) is 7.11 Å². The number of carbonyl (C=O) groups excluding carboxylic acids is 4. The lowest BCUT2D eigenvalue weighted by Crippen LogP contribution is -2.45. The fourth-order valence-corrected chi connectivity index (χ4v) is 3.23. The summed E-state index contributed by atoms with van der Waals surface area (Å²) < 4.78 is 9.77. The van der Waals surface area contributed by atoms with Gasteiger partial charge >= 0.3 is 12.1 Å². The second kappa shape index (κ2) is 13.3. The molecule has 0 spiro atoms. The van der Waals surface area contributed by atoms with E-state index in [2.05, 4.69) is 20.7 Å². The van der Waals surface area contributed by atoms with E-state index in [9.17, 15) is 19.2 Å². The number of carbonyl (C=O) groups is 4. The zero-order chi connectivity index (χ0) is 25.8. The molecule has 9 nitrogen and oxygen atoms in total. The molecule has 0 radical (unpaired) electrons. The molecule has 3 aromatic carbocycles. The van der Waals surface area contributed by atoms with Gasteiger partial charge in [0, 0.05) is 17.7 Å². The van der Waals surface area contributed by atoms with Gasteiger partial charge in [0.15, 0.2) is 0 Å². The fourth-order valence-electron chi connectivity index (χ4n) is 3.23. The van der Waals surface area contributed by atoms with Crippen LogP contribution >= 0.6 is 0 Å². The second-order valence-electron chi connectivity index (χ2n) is 7.77. The molecule has 186 valence electrons. The van der Waals surface area contributed by atoms with Crippen molar-refractivity contribution in [2.45, 2.75) is 19.1 Å². The maximum atomic E-state index is 13.0. The fraction of sp³-hybridized carbons (Fsp3) is 0.185. The Hall–Kier alpha value is -4.66. The third-order valence-corrected chi connectivity index (χ3v) is 5.14. The predicted molar refractivity (Wildman–Crippen MR) is 133 cm³/mol. The molecule has 0 fully saturated rings. The topological polar surface area (TPSA) is 123 Å². The monoisotopic (exact) mass is 489 g/mol. The molecule has 1 atom stereocenters. The predicted octanol–water partition coefficient (Wildman–Crippen LogP) is 3.07. The van der Waals surface area contributed by atoms with Crippen molar-refractivity contribution in [3.8, 4) is 0 Å². The maximum Gasteiger partial charge on any atom is 0.408 e. The Morgan fingerprint density at radius 1 is 0.806 bits per heavy atom. The highest BCUT2D eigenvalue weighted by Crippen LogP contribution is 2.12. The third kappa shape index (κ3) is 8.28. The molecular weight excluding hydrogens is 462 g/mol. The molecule has 3 amide bonds. The second-order valence-corrected chi connectivity index (χ2v) is 7.77. The summed E-state index contributed by atoms with van der Waals surface area (Å²) in [5, 5.41) is 7.83. The average molecular weight is 490 g/mol. The Morgan fingerprint density at radius 3 is 2.03 bits per heavy atom. The smallest absolute Gasteiger partial charge is 0.408 e. The van der Waals surface area contributed by atoms with Crippen LogP contribution in [0.5, 0.6) is 0 Å². The molecule has 0 aromatic heterocycles. The molecule has 36 heavy (non-hydrogen) atoms. The Balaban J connectivity index is 1.62. The van der Waals surface area contributed by atoms with E-state index in [4.69, 9.17) is 4.74 Å². The van der Waals surface area contributed by atoms with Crippen LogP contribution in [0.3, 0.4) is 0 Å². The summed E-state index contributed by atoms with van der Waals surface area (Å²) in [4.78, 5) is 48.8. The standard InChI is InChI=1S/C27H27N3O6/c1-35-24(31)17-28-25(32)21-12-14-22(15-13-21)29-26(33)23(16-19-8-4-2-5-9-19)30-27(34)36-18-20-10-6-3-7-11-20/h2-15,23H,16-18H2,1H3,(H,28,32)(H,29,33)(H,30,34)/t23-/m0/s1. The number of alkyl carbamates (subject to hydrolysis) is 1. The van der Waals surface area contributed by atoms with Crippen LogP contribution in [0.15, 0.2) is 84.9 Å². The van der Waals surface area contributed by atoms with Crippen molar-refractivity contribution in [1.29, 1.82) is 0 Å². The first-order chi connectivity index (χ1) is 17.4. The van der Waals surface area contributed by atoms with Gasteiger partial charge in [0.25, 0.3) is 5.91 Å². The first-order valence-corrected chi connectivity index (χ1v) is 11.2. The molecule has 0 aliphatic rings. The van der Waals surface area contributed by atoms with E-state index in [1.807, 2.05) is 60.7 Å². The molecule has 0 bridgehead atoms. The number of hydrogen-bond acceptors (Lipinski definition) is 6. The quantitative estimate of drug-likeness (QED) is 0.376. The summed E-state index contributed by atoms with van der Waals surface area (Å²) in [6.07, 6.45) is -0.464. The van der Waals surface area contributed by atoms with Crippen LogP contribution in [0.25, 0.3) is 0 Å². The van der Waals surface area contributed by atoms with Crippen molar-refractivity contribution in [2.75, 3.05) is 19.0 Å². The molecule has 3 N–H and O–H groups in total. The number of hydrogen-bond donors (Lipinski definition) is 3. The summed E-state index contributed by atoms with van der Waals surface area (Å²) in [5.41, 5.74) is 2.42. The molecule has 0 aliphatic carbocycles. The number of benzene rings is 3. The Morgan fingerprint density at radius 2 is 1.42 bits per heavy atom. The van der Waals surface area contributed by atoms with Crippen molar-refractivity contribution in [1.82, 2.24) is 10.6 Å². The number of rotatable bonds is 10. The molecule has 0 heterocycles. The summed E-state index contributed by atoms with van der Waals surface area (Å²) >= 11 is 0. The van der Waals surface area contributed by atoms with E-state index in [1.54, 1.807) is 12.1 Å². The van der Waals surface area contributed by atoms with Crippen LogP contribution < -0.4 is 16.0 Å². The van der Waals surface area contributed by atoms with Crippen LogP contribution in [0.1, 0.15) is 21.5 Å². The summed E-state index contributed by atoms with van der Waals surface area (Å²) in [6, 6.07) is 23.7. The van der Waals surface area contributed by atoms with Crippen LogP contribution in [-0.4, -0.2) is 43.6 Å². The van der Waals surface area contributed by atoms with Crippen LogP contribution in [0, 0.1) is 0 Å². The zero-order valence-corrected chi connectivity index (χ0v) is 19.7. The van der Waals surface area contributed by atoms with Crippen molar-refractivity contribution in [3.63, 3.8) is 0 Å². The molecule has 0 saturated heterocycles. The minimum absolute atomic E-state index is 0.0753. The summed E-state index contributed by atoms with van der Waals surface area (Å²) in [6.45, 7) is -0.174. The SMILES string of the molecule is COC(=O)CNC(=O)c1ccc(NC(=O)[C@H](Cc2ccccc2)NC(=O)OCc2ccccc2)cc1. The zero-order valence-electron chi connectivity index (χ0n) is 19.7. The highest BCUT2D eigenvalue weighted by Gasteiger charge is 2.22. The maximum absolute atomic E-state index is 13.0. The Kier molecular flexibility index (Phi) is 9.58. The van der Waals surface area contributed by atoms with Gasteiger partial charge in [-0.2, -0.15) is 0 Å².